The Morgan fingerprint density at radius 1 is 0.919 bits per heavy atom. The SMILES string of the molecule is Cc1cccc(C)c1C(=O)N1C=C2CN(CC[C@H](NS(=O)(=O)c3ccccc3)c3ccccc3)CC2C1. The van der Waals surface area contributed by atoms with Gasteiger partial charge in [0.15, 0.2) is 0 Å². The van der Waals surface area contributed by atoms with E-state index in [1.807, 2.05) is 79.5 Å². The number of carbonyl (C=O) groups is 1. The molecule has 7 heteroatoms. The van der Waals surface area contributed by atoms with Crippen LogP contribution in [0, 0.1) is 19.8 Å². The first-order valence-electron chi connectivity index (χ1n) is 12.7. The minimum atomic E-state index is -3.64. The Morgan fingerprint density at radius 3 is 2.22 bits per heavy atom. The fourth-order valence-corrected chi connectivity index (χ4v) is 6.73. The van der Waals surface area contributed by atoms with Crippen molar-refractivity contribution in [2.75, 3.05) is 26.2 Å². The summed E-state index contributed by atoms with van der Waals surface area (Å²) in [5.74, 6) is 0.396. The summed E-state index contributed by atoms with van der Waals surface area (Å²) < 4.78 is 29.1. The summed E-state index contributed by atoms with van der Waals surface area (Å²) in [6.45, 7) is 7.10. The van der Waals surface area contributed by atoms with Crippen LogP contribution in [0.2, 0.25) is 0 Å². The number of aryl methyl sites for hydroxylation is 2. The maximum absolute atomic E-state index is 13.2. The van der Waals surface area contributed by atoms with Crippen LogP contribution < -0.4 is 4.72 Å². The van der Waals surface area contributed by atoms with E-state index < -0.39 is 10.0 Å². The highest BCUT2D eigenvalue weighted by Crippen LogP contribution is 2.32. The molecular weight excluding hydrogens is 482 g/mol. The second-order valence-electron chi connectivity index (χ2n) is 10.0. The van der Waals surface area contributed by atoms with Gasteiger partial charge >= 0.3 is 0 Å². The van der Waals surface area contributed by atoms with Crippen LogP contribution in [0.25, 0.3) is 0 Å². The molecule has 2 aliphatic rings. The standard InChI is InChI=1S/C30H33N3O3S/c1-22-10-9-11-23(2)29(22)30(34)33-20-25-18-32(19-26(25)21-33)17-16-28(24-12-5-3-6-13-24)31-37(35,36)27-14-7-4-8-15-27/h3-15,20,26,28,31H,16-19,21H2,1-2H3/t26?,28-/m0/s1. The first-order valence-corrected chi connectivity index (χ1v) is 14.2. The summed E-state index contributed by atoms with van der Waals surface area (Å²) >= 11 is 0. The van der Waals surface area contributed by atoms with Gasteiger partial charge in [-0.15, -0.1) is 0 Å². The lowest BCUT2D eigenvalue weighted by atomic mass is 10.0. The fraction of sp³-hybridized carbons (Fsp3) is 0.300. The van der Waals surface area contributed by atoms with Crippen LogP contribution in [0.1, 0.15) is 39.5 Å². The predicted molar refractivity (Wildman–Crippen MR) is 146 cm³/mol. The van der Waals surface area contributed by atoms with Gasteiger partial charge in [-0.05, 0) is 54.7 Å². The van der Waals surface area contributed by atoms with Crippen LogP contribution in [0.4, 0.5) is 0 Å². The molecule has 2 heterocycles. The largest absolute Gasteiger partial charge is 0.314 e. The predicted octanol–water partition coefficient (Wildman–Crippen LogP) is 4.68. The fourth-order valence-electron chi connectivity index (χ4n) is 5.45. The highest BCUT2D eigenvalue weighted by Gasteiger charge is 2.36. The number of amides is 1. The molecule has 192 valence electrons. The van der Waals surface area contributed by atoms with Crippen molar-refractivity contribution in [1.29, 1.82) is 0 Å². The number of hydrogen-bond acceptors (Lipinski definition) is 4. The third-order valence-corrected chi connectivity index (χ3v) is 8.88. The zero-order chi connectivity index (χ0) is 26.0. The summed E-state index contributed by atoms with van der Waals surface area (Å²) in [6.07, 6.45) is 2.69. The van der Waals surface area contributed by atoms with Crippen molar-refractivity contribution >= 4 is 15.9 Å². The molecule has 37 heavy (non-hydrogen) atoms. The van der Waals surface area contributed by atoms with Gasteiger partial charge in [-0.3, -0.25) is 9.69 Å². The van der Waals surface area contributed by atoms with E-state index in [4.69, 9.17) is 0 Å². The van der Waals surface area contributed by atoms with Gasteiger partial charge in [0.1, 0.15) is 0 Å². The summed E-state index contributed by atoms with van der Waals surface area (Å²) in [7, 11) is -3.64. The van der Waals surface area contributed by atoms with Gasteiger partial charge in [-0.2, -0.15) is 0 Å². The van der Waals surface area contributed by atoms with Crippen molar-refractivity contribution in [1.82, 2.24) is 14.5 Å². The average molecular weight is 516 g/mol. The van der Waals surface area contributed by atoms with E-state index in [9.17, 15) is 13.2 Å². The third-order valence-electron chi connectivity index (χ3n) is 7.39. The van der Waals surface area contributed by atoms with Crippen molar-refractivity contribution in [2.24, 2.45) is 5.92 Å². The maximum Gasteiger partial charge on any atom is 0.258 e. The van der Waals surface area contributed by atoms with Gasteiger partial charge in [0.2, 0.25) is 10.0 Å². The zero-order valence-corrected chi connectivity index (χ0v) is 22.1. The van der Waals surface area contributed by atoms with E-state index in [-0.39, 0.29) is 16.8 Å². The molecule has 3 aromatic carbocycles. The Bertz CT molecular complexity index is 1380. The number of rotatable bonds is 8. The molecule has 1 N–H and O–H groups in total. The number of benzene rings is 3. The minimum Gasteiger partial charge on any atom is -0.314 e. The topological polar surface area (TPSA) is 69.7 Å². The Hall–Kier alpha value is -3.26. The molecule has 0 saturated carbocycles. The van der Waals surface area contributed by atoms with Crippen molar-refractivity contribution < 1.29 is 13.2 Å². The molecule has 2 atom stereocenters. The van der Waals surface area contributed by atoms with E-state index in [2.05, 4.69) is 9.62 Å². The molecule has 0 bridgehead atoms. The number of fused-ring (bicyclic) bond motifs is 1. The second-order valence-corrected chi connectivity index (χ2v) is 11.8. The molecule has 0 radical (unpaired) electrons. The van der Waals surface area contributed by atoms with Gasteiger partial charge in [-0.1, -0.05) is 66.7 Å². The molecule has 6 nitrogen and oxygen atoms in total. The Morgan fingerprint density at radius 2 is 1.57 bits per heavy atom. The van der Waals surface area contributed by atoms with Crippen LogP contribution >= 0.6 is 0 Å². The molecule has 0 spiro atoms. The number of nitrogens with zero attached hydrogens (tertiary/aromatic N) is 2. The minimum absolute atomic E-state index is 0.0727. The molecule has 0 aliphatic carbocycles. The van der Waals surface area contributed by atoms with Crippen molar-refractivity contribution in [3.05, 3.63) is 113 Å². The lowest BCUT2D eigenvalue weighted by molar-refractivity contribution is 0.0819. The van der Waals surface area contributed by atoms with Crippen LogP contribution in [0.5, 0.6) is 0 Å². The molecule has 5 rings (SSSR count). The second kappa shape index (κ2) is 10.6. The molecule has 1 amide bonds. The number of carbonyl (C=O) groups excluding carboxylic acids is 1. The Kier molecular flexibility index (Phi) is 7.29. The van der Waals surface area contributed by atoms with E-state index in [1.54, 1.807) is 24.3 Å². The monoisotopic (exact) mass is 515 g/mol. The quantitative estimate of drug-likeness (QED) is 0.473. The maximum atomic E-state index is 13.2. The number of sulfonamides is 1. The van der Waals surface area contributed by atoms with Crippen LogP contribution in [-0.2, 0) is 10.0 Å². The Balaban J connectivity index is 1.25. The number of likely N-dealkylation sites (tertiary alicyclic amines) is 1. The summed E-state index contributed by atoms with van der Waals surface area (Å²) in [6, 6.07) is 23.9. The Labute approximate surface area is 219 Å². The molecule has 1 saturated heterocycles. The summed E-state index contributed by atoms with van der Waals surface area (Å²) in [4.78, 5) is 17.7. The molecule has 0 aromatic heterocycles. The van der Waals surface area contributed by atoms with Crippen LogP contribution in [0.3, 0.4) is 0 Å². The van der Waals surface area contributed by atoms with E-state index in [1.165, 1.54) is 5.57 Å². The lowest BCUT2D eigenvalue weighted by Gasteiger charge is -2.24. The highest BCUT2D eigenvalue weighted by atomic mass is 32.2. The van der Waals surface area contributed by atoms with Crippen molar-refractivity contribution in [2.45, 2.75) is 31.2 Å². The van der Waals surface area contributed by atoms with E-state index in [0.29, 0.717) is 18.9 Å². The molecular formula is C30H33N3O3S. The average Bonchev–Trinajstić information content (AvgIpc) is 3.46. The molecule has 1 unspecified atom stereocenters. The van der Waals surface area contributed by atoms with Gasteiger partial charge in [0.25, 0.3) is 5.91 Å². The lowest BCUT2D eigenvalue weighted by Crippen LogP contribution is -2.33. The van der Waals surface area contributed by atoms with Crippen molar-refractivity contribution in [3.63, 3.8) is 0 Å². The van der Waals surface area contributed by atoms with E-state index >= 15 is 0 Å². The smallest absolute Gasteiger partial charge is 0.258 e. The zero-order valence-electron chi connectivity index (χ0n) is 21.3. The van der Waals surface area contributed by atoms with Gasteiger partial charge < -0.3 is 4.90 Å². The summed E-state index contributed by atoms with van der Waals surface area (Å²) in [5, 5.41) is 0. The number of hydrogen-bond donors (Lipinski definition) is 1. The molecule has 2 aliphatic heterocycles. The first kappa shape index (κ1) is 25.4. The van der Waals surface area contributed by atoms with Gasteiger partial charge in [-0.25, -0.2) is 13.1 Å². The van der Waals surface area contributed by atoms with Crippen LogP contribution in [-0.4, -0.2) is 50.3 Å². The highest BCUT2D eigenvalue weighted by molar-refractivity contribution is 7.89. The third kappa shape index (κ3) is 5.54. The molecule has 3 aromatic rings. The first-order chi connectivity index (χ1) is 17.8. The van der Waals surface area contributed by atoms with E-state index in [0.717, 1.165) is 41.9 Å². The number of nitrogens with one attached hydrogen (secondary N) is 1. The van der Waals surface area contributed by atoms with Gasteiger partial charge in [0.05, 0.1) is 4.90 Å². The molecule has 1 fully saturated rings. The summed E-state index contributed by atoms with van der Waals surface area (Å²) in [5.41, 5.74) is 5.04. The van der Waals surface area contributed by atoms with Crippen molar-refractivity contribution in [3.8, 4) is 0 Å². The normalized spacial score (nSPS) is 18.5. The van der Waals surface area contributed by atoms with Crippen LogP contribution in [0.15, 0.2) is 95.5 Å². The van der Waals surface area contributed by atoms with Gasteiger partial charge in [0, 0.05) is 49.9 Å².